The number of methoxy groups -OCH3 is 1. The second-order valence-electron chi connectivity index (χ2n) is 5.67. The second kappa shape index (κ2) is 5.85. The number of esters is 1. The van der Waals surface area contributed by atoms with Crippen molar-refractivity contribution >= 4 is 5.97 Å². The van der Waals surface area contributed by atoms with Crippen LogP contribution < -0.4 is 0 Å². The highest BCUT2D eigenvalue weighted by Crippen LogP contribution is 2.27. The van der Waals surface area contributed by atoms with Gasteiger partial charge in [0.2, 0.25) is 0 Å². The van der Waals surface area contributed by atoms with Crippen LogP contribution in [0.5, 0.6) is 0 Å². The van der Waals surface area contributed by atoms with Crippen LogP contribution in [-0.4, -0.2) is 13.1 Å². The predicted octanol–water partition coefficient (Wildman–Crippen LogP) is 3.45. The Bertz CT molecular complexity index is 349. The summed E-state index contributed by atoms with van der Waals surface area (Å²) in [6.07, 6.45) is 1.60. The van der Waals surface area contributed by atoms with Crippen molar-refractivity contribution in [1.82, 2.24) is 0 Å². The van der Waals surface area contributed by atoms with Crippen molar-refractivity contribution in [2.75, 3.05) is 7.11 Å². The van der Waals surface area contributed by atoms with Crippen LogP contribution >= 0.6 is 0 Å². The molecule has 1 aromatic rings. The van der Waals surface area contributed by atoms with E-state index in [4.69, 9.17) is 4.74 Å². The molecule has 0 spiro atoms. The lowest BCUT2D eigenvalue weighted by molar-refractivity contribution is -0.146. The Hall–Kier alpha value is -1.31. The zero-order valence-electron chi connectivity index (χ0n) is 11.2. The van der Waals surface area contributed by atoms with E-state index in [1.807, 2.05) is 18.2 Å². The lowest BCUT2D eigenvalue weighted by Gasteiger charge is -2.24. The largest absolute Gasteiger partial charge is 0.469 e. The van der Waals surface area contributed by atoms with E-state index in [1.54, 1.807) is 0 Å². The van der Waals surface area contributed by atoms with E-state index in [0.717, 1.165) is 12.8 Å². The Morgan fingerprint density at radius 1 is 1.24 bits per heavy atom. The van der Waals surface area contributed by atoms with Crippen LogP contribution in [0.15, 0.2) is 30.3 Å². The second-order valence-corrected chi connectivity index (χ2v) is 5.67. The molecule has 0 aliphatic carbocycles. The lowest BCUT2D eigenvalue weighted by atomic mass is 9.82. The molecule has 0 aromatic heterocycles. The molecule has 0 bridgehead atoms. The first-order valence-electron chi connectivity index (χ1n) is 6.04. The van der Waals surface area contributed by atoms with Crippen LogP contribution in [0.2, 0.25) is 0 Å². The van der Waals surface area contributed by atoms with E-state index in [9.17, 15) is 4.79 Å². The van der Waals surface area contributed by atoms with Crippen LogP contribution in [0.4, 0.5) is 0 Å². The Morgan fingerprint density at radius 2 is 1.82 bits per heavy atom. The number of carbonyl (C=O) groups excluding carboxylic acids is 1. The summed E-state index contributed by atoms with van der Waals surface area (Å²) in [7, 11) is 1.46. The molecule has 0 aliphatic heterocycles. The van der Waals surface area contributed by atoms with Gasteiger partial charge in [0.05, 0.1) is 13.0 Å². The summed E-state index contributed by atoms with van der Waals surface area (Å²) >= 11 is 0. The van der Waals surface area contributed by atoms with E-state index in [-0.39, 0.29) is 17.3 Å². The van der Waals surface area contributed by atoms with E-state index in [1.165, 1.54) is 12.7 Å². The van der Waals surface area contributed by atoms with Crippen LogP contribution in [-0.2, 0) is 16.0 Å². The molecule has 2 heteroatoms. The Morgan fingerprint density at radius 3 is 2.29 bits per heavy atom. The SMILES string of the molecule is COC(=O)C(Cc1ccccc1)CC(C)(C)C. The molecule has 1 rings (SSSR count). The van der Waals surface area contributed by atoms with Gasteiger partial charge in [-0.3, -0.25) is 4.79 Å². The Kier molecular flexibility index (Phi) is 4.73. The van der Waals surface area contributed by atoms with Gasteiger partial charge in [-0.2, -0.15) is 0 Å². The first-order chi connectivity index (χ1) is 7.92. The van der Waals surface area contributed by atoms with Gasteiger partial charge in [0.25, 0.3) is 0 Å². The van der Waals surface area contributed by atoms with E-state index < -0.39 is 0 Å². The number of benzene rings is 1. The predicted molar refractivity (Wildman–Crippen MR) is 69.7 cm³/mol. The first kappa shape index (κ1) is 13.8. The van der Waals surface area contributed by atoms with Crippen molar-refractivity contribution in [2.45, 2.75) is 33.6 Å². The number of hydrogen-bond donors (Lipinski definition) is 0. The van der Waals surface area contributed by atoms with E-state index >= 15 is 0 Å². The highest BCUT2D eigenvalue weighted by molar-refractivity contribution is 5.72. The number of hydrogen-bond acceptors (Lipinski definition) is 2. The van der Waals surface area contributed by atoms with E-state index in [0.29, 0.717) is 0 Å². The van der Waals surface area contributed by atoms with Crippen molar-refractivity contribution in [1.29, 1.82) is 0 Å². The van der Waals surface area contributed by atoms with Gasteiger partial charge < -0.3 is 4.74 Å². The molecule has 0 saturated carbocycles. The highest BCUT2D eigenvalue weighted by Gasteiger charge is 2.25. The smallest absolute Gasteiger partial charge is 0.309 e. The number of ether oxygens (including phenoxy) is 1. The van der Waals surface area contributed by atoms with Gasteiger partial charge in [0.15, 0.2) is 0 Å². The average molecular weight is 234 g/mol. The maximum Gasteiger partial charge on any atom is 0.309 e. The third-order valence-corrected chi connectivity index (χ3v) is 2.72. The van der Waals surface area contributed by atoms with Gasteiger partial charge in [-0.1, -0.05) is 51.1 Å². The number of rotatable bonds is 4. The molecule has 0 radical (unpaired) electrons. The summed E-state index contributed by atoms with van der Waals surface area (Å²) in [5.74, 6) is -0.161. The zero-order valence-corrected chi connectivity index (χ0v) is 11.2. The van der Waals surface area contributed by atoms with Gasteiger partial charge in [0, 0.05) is 0 Å². The molecule has 1 unspecified atom stereocenters. The van der Waals surface area contributed by atoms with Crippen LogP contribution in [0.3, 0.4) is 0 Å². The summed E-state index contributed by atoms with van der Waals surface area (Å²) in [5.41, 5.74) is 1.32. The molecule has 0 heterocycles. The summed E-state index contributed by atoms with van der Waals surface area (Å²) in [6.45, 7) is 6.44. The fraction of sp³-hybridized carbons (Fsp3) is 0.533. The monoisotopic (exact) mass is 234 g/mol. The summed E-state index contributed by atoms with van der Waals surface area (Å²) in [5, 5.41) is 0. The molecule has 0 aliphatic rings. The summed E-state index contributed by atoms with van der Waals surface area (Å²) in [4.78, 5) is 11.8. The zero-order chi connectivity index (χ0) is 12.9. The van der Waals surface area contributed by atoms with Gasteiger partial charge in [-0.15, -0.1) is 0 Å². The molecule has 0 N–H and O–H groups in total. The standard InChI is InChI=1S/C15H22O2/c1-15(2,3)11-13(14(16)17-4)10-12-8-6-5-7-9-12/h5-9,13H,10-11H2,1-4H3. The topological polar surface area (TPSA) is 26.3 Å². The van der Waals surface area contributed by atoms with Gasteiger partial charge in [0.1, 0.15) is 0 Å². The molecule has 0 saturated heterocycles. The minimum Gasteiger partial charge on any atom is -0.469 e. The molecule has 2 nitrogen and oxygen atoms in total. The number of carbonyl (C=O) groups is 1. The van der Waals surface area contributed by atoms with Crippen molar-refractivity contribution in [3.05, 3.63) is 35.9 Å². The van der Waals surface area contributed by atoms with Crippen LogP contribution in [0, 0.1) is 11.3 Å². The molecular formula is C15H22O2. The summed E-state index contributed by atoms with van der Waals surface area (Å²) < 4.78 is 4.89. The average Bonchev–Trinajstić information content (AvgIpc) is 2.27. The van der Waals surface area contributed by atoms with Gasteiger partial charge >= 0.3 is 5.97 Å². The van der Waals surface area contributed by atoms with Crippen molar-refractivity contribution in [3.63, 3.8) is 0 Å². The van der Waals surface area contributed by atoms with Crippen molar-refractivity contribution in [3.8, 4) is 0 Å². The minimum atomic E-state index is -0.108. The normalized spacial score (nSPS) is 13.2. The Labute approximate surface area is 104 Å². The first-order valence-corrected chi connectivity index (χ1v) is 6.04. The van der Waals surface area contributed by atoms with Crippen molar-refractivity contribution in [2.24, 2.45) is 11.3 Å². The fourth-order valence-electron chi connectivity index (χ4n) is 2.04. The van der Waals surface area contributed by atoms with Gasteiger partial charge in [-0.05, 0) is 23.8 Å². The molecule has 94 valence electrons. The van der Waals surface area contributed by atoms with Gasteiger partial charge in [-0.25, -0.2) is 0 Å². The molecular weight excluding hydrogens is 212 g/mol. The third kappa shape index (κ3) is 5.03. The molecule has 1 aromatic carbocycles. The minimum absolute atomic E-state index is 0.0533. The highest BCUT2D eigenvalue weighted by atomic mass is 16.5. The van der Waals surface area contributed by atoms with Crippen molar-refractivity contribution < 1.29 is 9.53 Å². The van der Waals surface area contributed by atoms with Crippen LogP contribution in [0.1, 0.15) is 32.8 Å². The quantitative estimate of drug-likeness (QED) is 0.746. The molecule has 1 atom stereocenters. The fourth-order valence-corrected chi connectivity index (χ4v) is 2.04. The maximum absolute atomic E-state index is 11.8. The van der Waals surface area contributed by atoms with E-state index in [2.05, 4.69) is 32.9 Å². The maximum atomic E-state index is 11.8. The lowest BCUT2D eigenvalue weighted by Crippen LogP contribution is -2.24. The molecule has 17 heavy (non-hydrogen) atoms. The third-order valence-electron chi connectivity index (χ3n) is 2.72. The molecule has 0 amide bonds. The summed E-state index contributed by atoms with van der Waals surface area (Å²) in [6, 6.07) is 10.1. The molecule has 0 fully saturated rings. The Balaban J connectivity index is 2.74. The van der Waals surface area contributed by atoms with Crippen LogP contribution in [0.25, 0.3) is 0 Å².